The van der Waals surface area contributed by atoms with Gasteiger partial charge in [0.25, 0.3) is 11.8 Å². The molecule has 3 nitrogen and oxygen atoms in total. The maximum atomic E-state index is 11.7. The van der Waals surface area contributed by atoms with Gasteiger partial charge in [-0.15, -0.1) is 0 Å². The van der Waals surface area contributed by atoms with Crippen LogP contribution in [0.25, 0.3) is 0 Å². The molecule has 1 heterocycles. The molecule has 0 spiro atoms. The van der Waals surface area contributed by atoms with Crippen molar-refractivity contribution in [2.24, 2.45) is 0 Å². The van der Waals surface area contributed by atoms with Gasteiger partial charge in [-0.05, 0) is 44.2 Å². The molecule has 1 aromatic carbocycles. The van der Waals surface area contributed by atoms with Crippen molar-refractivity contribution in [2.75, 3.05) is 0 Å². The molecule has 0 atom stereocenters. The quantitative estimate of drug-likeness (QED) is 0.741. The van der Waals surface area contributed by atoms with Crippen molar-refractivity contribution in [3.8, 4) is 0 Å². The zero-order valence-corrected chi connectivity index (χ0v) is 10.2. The number of carbonyl (C=O) groups excluding carboxylic acids is 2. The van der Waals surface area contributed by atoms with Gasteiger partial charge in [-0.25, -0.2) is 0 Å². The summed E-state index contributed by atoms with van der Waals surface area (Å²) >= 11 is 0. The second-order valence-electron chi connectivity index (χ2n) is 2.83. The lowest BCUT2D eigenvalue weighted by Crippen LogP contribution is -2.25. The minimum Gasteiger partial charge on any atom is -0.268 e. The minimum atomic E-state index is -2.92. The van der Waals surface area contributed by atoms with Crippen molar-refractivity contribution < 1.29 is 9.59 Å². The van der Waals surface area contributed by atoms with E-state index < -0.39 is 19.7 Å². The number of rotatable bonds is 1. The summed E-state index contributed by atoms with van der Waals surface area (Å²) in [6.45, 7) is 0. The second-order valence-corrected chi connectivity index (χ2v) is 9.40. The molecular formula is C8H4Cl3NO2S. The largest absolute Gasteiger partial charge is 0.273 e. The van der Waals surface area contributed by atoms with Crippen LogP contribution in [0.3, 0.4) is 0 Å². The van der Waals surface area contributed by atoms with E-state index in [-0.39, 0.29) is 11.1 Å². The first-order valence-corrected chi connectivity index (χ1v) is 7.90. The fraction of sp³-hybridized carbons (Fsp3) is 0. The number of imide groups is 1. The smallest absolute Gasteiger partial charge is 0.268 e. The van der Waals surface area contributed by atoms with E-state index >= 15 is 0 Å². The van der Waals surface area contributed by atoms with E-state index in [1.54, 1.807) is 12.1 Å². The summed E-state index contributed by atoms with van der Waals surface area (Å²) in [5, 5.41) is 0. The summed E-state index contributed by atoms with van der Waals surface area (Å²) < 4.78 is 0.697. The molecule has 0 saturated heterocycles. The fourth-order valence-corrected chi connectivity index (χ4v) is 3.06. The molecule has 0 aliphatic carbocycles. The van der Waals surface area contributed by atoms with Gasteiger partial charge in [-0.1, -0.05) is 12.1 Å². The van der Waals surface area contributed by atoms with Gasteiger partial charge in [-0.3, -0.25) is 9.59 Å². The van der Waals surface area contributed by atoms with Crippen LogP contribution in [0.4, 0.5) is 0 Å². The van der Waals surface area contributed by atoms with Crippen molar-refractivity contribution in [1.82, 2.24) is 4.31 Å². The van der Waals surface area contributed by atoms with Crippen molar-refractivity contribution in [3.63, 3.8) is 0 Å². The van der Waals surface area contributed by atoms with Gasteiger partial charge in [-0.2, -0.15) is 4.31 Å². The Hall–Kier alpha value is -0.420. The lowest BCUT2D eigenvalue weighted by molar-refractivity contribution is 0.0777. The molecule has 0 N–H and O–H groups in total. The summed E-state index contributed by atoms with van der Waals surface area (Å²) in [7, 11) is 13.9. The lowest BCUT2D eigenvalue weighted by atomic mass is 10.1. The molecule has 1 aromatic rings. The third-order valence-electron chi connectivity index (χ3n) is 1.96. The van der Waals surface area contributed by atoms with Gasteiger partial charge in [0.1, 0.15) is 0 Å². The summed E-state index contributed by atoms with van der Waals surface area (Å²) in [5.74, 6) is -1.10. The van der Waals surface area contributed by atoms with Crippen LogP contribution < -0.4 is 0 Å². The summed E-state index contributed by atoms with van der Waals surface area (Å²) in [5.41, 5.74) is 0.558. The Labute approximate surface area is 101 Å². The molecule has 80 valence electrons. The number of halogens is 3. The van der Waals surface area contributed by atoms with E-state index in [0.29, 0.717) is 4.31 Å². The topological polar surface area (TPSA) is 37.4 Å². The maximum absolute atomic E-state index is 11.7. The predicted octanol–water partition coefficient (Wildman–Crippen LogP) is 3.46. The number of amides is 2. The molecule has 0 unspecified atom stereocenters. The number of hydrogen-bond acceptors (Lipinski definition) is 2. The van der Waals surface area contributed by atoms with Crippen LogP contribution in [0.5, 0.6) is 0 Å². The standard InChI is InChI=1S/C8H4Cl3NO2S/c9-15(10,11)12-7(13)5-3-1-2-4-6(5)8(12)14/h1-4H. The molecule has 2 amide bonds. The Kier molecular flexibility index (Phi) is 2.63. The fourth-order valence-electron chi connectivity index (χ4n) is 1.36. The predicted molar refractivity (Wildman–Crippen MR) is 62.1 cm³/mol. The molecule has 7 heteroatoms. The summed E-state index contributed by atoms with van der Waals surface area (Å²) in [6, 6.07) is 6.37. The van der Waals surface area contributed by atoms with Crippen molar-refractivity contribution in [3.05, 3.63) is 35.4 Å². The molecule has 1 aliphatic rings. The SMILES string of the molecule is O=C1c2ccccc2C(=O)N1S(Cl)(Cl)Cl. The Morgan fingerprint density at radius 3 is 1.67 bits per heavy atom. The monoisotopic (exact) mass is 283 g/mol. The Morgan fingerprint density at radius 2 is 1.33 bits per heavy atom. The second kappa shape index (κ2) is 3.56. The first-order valence-electron chi connectivity index (χ1n) is 3.83. The number of hydrogen-bond donors (Lipinski definition) is 0. The van der Waals surface area contributed by atoms with Gasteiger partial charge in [0.15, 0.2) is 0 Å². The molecule has 0 bridgehead atoms. The average molecular weight is 285 g/mol. The lowest BCUT2D eigenvalue weighted by Gasteiger charge is -2.25. The van der Waals surface area contributed by atoms with Crippen molar-refractivity contribution in [1.29, 1.82) is 0 Å². The molecule has 0 saturated carbocycles. The van der Waals surface area contributed by atoms with Crippen LogP contribution in [-0.2, 0) is 0 Å². The third-order valence-corrected chi connectivity index (χ3v) is 3.95. The van der Waals surface area contributed by atoms with E-state index in [4.69, 9.17) is 32.0 Å². The number of carbonyl (C=O) groups is 2. The summed E-state index contributed by atoms with van der Waals surface area (Å²) in [6.07, 6.45) is 0. The van der Waals surface area contributed by atoms with E-state index in [1.807, 2.05) is 0 Å². The highest BCUT2D eigenvalue weighted by molar-refractivity contribution is 8.78. The number of benzene rings is 1. The minimum absolute atomic E-state index is 0.279. The molecule has 2 rings (SSSR count). The first-order chi connectivity index (χ1) is 6.93. The number of fused-ring (bicyclic) bond motifs is 1. The average Bonchev–Trinajstić information content (AvgIpc) is 2.39. The van der Waals surface area contributed by atoms with Crippen LogP contribution in [-0.4, -0.2) is 16.1 Å². The molecule has 0 aromatic heterocycles. The van der Waals surface area contributed by atoms with Crippen molar-refractivity contribution >= 4 is 51.7 Å². The van der Waals surface area contributed by atoms with Gasteiger partial charge in [0, 0.05) is 0 Å². The zero-order chi connectivity index (χ0) is 11.2. The van der Waals surface area contributed by atoms with E-state index in [2.05, 4.69) is 0 Å². The van der Waals surface area contributed by atoms with E-state index in [1.165, 1.54) is 12.1 Å². The van der Waals surface area contributed by atoms with Crippen LogP contribution >= 0.6 is 39.9 Å². The highest BCUT2D eigenvalue weighted by Gasteiger charge is 2.44. The van der Waals surface area contributed by atoms with E-state index in [0.717, 1.165) is 0 Å². The van der Waals surface area contributed by atoms with Crippen molar-refractivity contribution in [2.45, 2.75) is 0 Å². The third kappa shape index (κ3) is 1.72. The Morgan fingerprint density at radius 1 is 0.933 bits per heavy atom. The first kappa shape index (κ1) is 11.1. The molecular weight excluding hydrogens is 281 g/mol. The Balaban J connectivity index is 2.55. The molecule has 15 heavy (non-hydrogen) atoms. The summed E-state index contributed by atoms with van der Waals surface area (Å²) in [4.78, 5) is 23.5. The molecule has 1 aliphatic heterocycles. The van der Waals surface area contributed by atoms with Crippen LogP contribution in [0.15, 0.2) is 24.3 Å². The zero-order valence-electron chi connectivity index (χ0n) is 7.12. The van der Waals surface area contributed by atoms with Crippen LogP contribution in [0.2, 0.25) is 0 Å². The highest BCUT2D eigenvalue weighted by Crippen LogP contribution is 2.67. The highest BCUT2D eigenvalue weighted by atomic mass is 36.2. The van der Waals surface area contributed by atoms with Gasteiger partial charge in [0.05, 0.1) is 19.0 Å². The maximum Gasteiger partial charge on any atom is 0.273 e. The van der Waals surface area contributed by atoms with Crippen LogP contribution in [0.1, 0.15) is 20.7 Å². The normalized spacial score (nSPS) is 16.9. The van der Waals surface area contributed by atoms with E-state index in [9.17, 15) is 9.59 Å². The van der Waals surface area contributed by atoms with Gasteiger partial charge >= 0.3 is 0 Å². The molecule has 0 radical (unpaired) electrons. The van der Waals surface area contributed by atoms with Gasteiger partial charge in [0.2, 0.25) is 0 Å². The van der Waals surface area contributed by atoms with Crippen LogP contribution in [0, 0.1) is 0 Å². The Bertz CT molecular complexity index is 422. The number of nitrogens with zero attached hydrogens (tertiary/aromatic N) is 1. The van der Waals surface area contributed by atoms with Gasteiger partial charge < -0.3 is 0 Å². The molecule has 0 fully saturated rings.